The maximum Gasteiger partial charge on any atom is 0.246 e. The molecule has 1 N–H and O–H groups in total. The van der Waals surface area contributed by atoms with Gasteiger partial charge >= 0.3 is 0 Å². The van der Waals surface area contributed by atoms with Gasteiger partial charge in [0.2, 0.25) is 11.8 Å². The van der Waals surface area contributed by atoms with E-state index in [9.17, 15) is 9.59 Å². The summed E-state index contributed by atoms with van der Waals surface area (Å²) in [5.41, 5.74) is 0. The molecule has 0 spiro atoms. The lowest BCUT2D eigenvalue weighted by Gasteiger charge is -2.36. The zero-order valence-electron chi connectivity index (χ0n) is 11.7. The molecule has 1 saturated heterocycles. The third-order valence-electron chi connectivity index (χ3n) is 4.19. The van der Waals surface area contributed by atoms with E-state index < -0.39 is 0 Å². The molecule has 2 heterocycles. The molecule has 3 rings (SSSR count). The molecule has 0 bridgehead atoms. The summed E-state index contributed by atoms with van der Waals surface area (Å²) < 4.78 is 5.31. The van der Waals surface area contributed by atoms with Gasteiger partial charge in [0.25, 0.3) is 0 Å². The molecule has 1 aliphatic heterocycles. The van der Waals surface area contributed by atoms with E-state index in [-0.39, 0.29) is 30.4 Å². The molecule has 5 nitrogen and oxygen atoms in total. The van der Waals surface area contributed by atoms with Crippen molar-refractivity contribution in [1.82, 2.24) is 10.2 Å². The first-order chi connectivity index (χ1) is 9.65. The number of aryl methyl sites for hydroxylation is 1. The zero-order valence-corrected chi connectivity index (χ0v) is 11.7. The van der Waals surface area contributed by atoms with E-state index >= 15 is 0 Å². The van der Waals surface area contributed by atoms with Gasteiger partial charge in [-0.1, -0.05) is 0 Å². The Morgan fingerprint density at radius 2 is 2.25 bits per heavy atom. The van der Waals surface area contributed by atoms with E-state index in [2.05, 4.69) is 5.32 Å². The van der Waals surface area contributed by atoms with Crippen LogP contribution in [0.3, 0.4) is 0 Å². The molecule has 1 aromatic rings. The van der Waals surface area contributed by atoms with Gasteiger partial charge in [-0.25, -0.2) is 0 Å². The van der Waals surface area contributed by atoms with Gasteiger partial charge in [-0.05, 0) is 44.2 Å². The van der Waals surface area contributed by atoms with Crippen molar-refractivity contribution >= 4 is 11.8 Å². The second-order valence-corrected chi connectivity index (χ2v) is 5.82. The molecule has 1 saturated carbocycles. The third-order valence-corrected chi connectivity index (χ3v) is 4.19. The Kier molecular flexibility index (Phi) is 3.51. The lowest BCUT2D eigenvalue weighted by molar-refractivity contribution is -0.147. The maximum atomic E-state index is 12.4. The van der Waals surface area contributed by atoms with E-state index in [4.69, 9.17) is 4.42 Å². The second-order valence-electron chi connectivity index (χ2n) is 5.82. The largest absolute Gasteiger partial charge is 0.469 e. The molecular weight excluding hydrogens is 256 g/mol. The topological polar surface area (TPSA) is 62.6 Å². The summed E-state index contributed by atoms with van der Waals surface area (Å²) in [6.07, 6.45) is 5.34. The van der Waals surface area contributed by atoms with Crippen molar-refractivity contribution in [3.8, 4) is 0 Å². The van der Waals surface area contributed by atoms with Gasteiger partial charge in [0.15, 0.2) is 0 Å². The standard InChI is InChI=1S/C15H20N2O3/c1-10(4-7-12-3-2-8-20-12)17-9-13(18)16-14(15(17)19)11-5-6-11/h2-3,8,10-11,14H,4-7,9H2,1H3,(H,16,18). The fourth-order valence-corrected chi connectivity index (χ4v) is 2.78. The van der Waals surface area contributed by atoms with E-state index in [1.54, 1.807) is 11.2 Å². The first-order valence-corrected chi connectivity index (χ1v) is 7.27. The monoisotopic (exact) mass is 276 g/mol. The predicted octanol–water partition coefficient (Wildman–Crippen LogP) is 1.34. The Bertz CT molecular complexity index is 493. The van der Waals surface area contributed by atoms with Crippen molar-refractivity contribution < 1.29 is 14.0 Å². The number of carbonyl (C=O) groups excluding carboxylic acids is 2. The molecule has 1 aromatic heterocycles. The minimum atomic E-state index is -0.290. The number of hydrogen-bond acceptors (Lipinski definition) is 3. The lowest BCUT2D eigenvalue weighted by atomic mass is 10.0. The highest BCUT2D eigenvalue weighted by atomic mass is 16.3. The molecule has 0 radical (unpaired) electrons. The molecule has 108 valence electrons. The minimum Gasteiger partial charge on any atom is -0.469 e. The van der Waals surface area contributed by atoms with Crippen LogP contribution in [0.1, 0.15) is 31.9 Å². The average Bonchev–Trinajstić information content (AvgIpc) is 3.14. The molecule has 2 fully saturated rings. The highest BCUT2D eigenvalue weighted by Gasteiger charge is 2.43. The van der Waals surface area contributed by atoms with Crippen LogP contribution in [-0.2, 0) is 16.0 Å². The van der Waals surface area contributed by atoms with Crippen LogP contribution in [0.5, 0.6) is 0 Å². The number of carbonyl (C=O) groups is 2. The number of rotatable bonds is 5. The van der Waals surface area contributed by atoms with Crippen molar-refractivity contribution in [2.45, 2.75) is 44.7 Å². The summed E-state index contributed by atoms with van der Waals surface area (Å²) >= 11 is 0. The number of hydrogen-bond donors (Lipinski definition) is 1. The van der Waals surface area contributed by atoms with Gasteiger partial charge in [-0.15, -0.1) is 0 Å². The molecule has 0 aromatic carbocycles. The van der Waals surface area contributed by atoms with E-state index in [1.165, 1.54) is 0 Å². The van der Waals surface area contributed by atoms with Crippen LogP contribution in [0.4, 0.5) is 0 Å². The maximum absolute atomic E-state index is 12.4. The highest BCUT2D eigenvalue weighted by Crippen LogP contribution is 2.34. The van der Waals surface area contributed by atoms with Gasteiger partial charge in [0, 0.05) is 12.5 Å². The molecule has 1 aliphatic carbocycles. The first-order valence-electron chi connectivity index (χ1n) is 7.27. The molecule has 2 unspecified atom stereocenters. The molecular formula is C15H20N2O3. The normalized spacial score (nSPS) is 24.6. The van der Waals surface area contributed by atoms with Crippen LogP contribution in [0.25, 0.3) is 0 Å². The Morgan fingerprint density at radius 3 is 2.90 bits per heavy atom. The van der Waals surface area contributed by atoms with Gasteiger partial charge in [0.05, 0.1) is 12.8 Å². The Balaban J connectivity index is 1.61. The van der Waals surface area contributed by atoms with Crippen molar-refractivity contribution in [2.24, 2.45) is 5.92 Å². The van der Waals surface area contributed by atoms with Gasteiger partial charge in [-0.2, -0.15) is 0 Å². The summed E-state index contributed by atoms with van der Waals surface area (Å²) in [6, 6.07) is 3.56. The van der Waals surface area contributed by atoms with Crippen molar-refractivity contribution in [3.05, 3.63) is 24.2 Å². The fraction of sp³-hybridized carbons (Fsp3) is 0.600. The minimum absolute atomic E-state index is 0.0358. The Labute approximate surface area is 118 Å². The van der Waals surface area contributed by atoms with Gasteiger partial charge in [0.1, 0.15) is 11.8 Å². The molecule has 5 heteroatoms. The molecule has 2 atom stereocenters. The quantitative estimate of drug-likeness (QED) is 0.882. The number of piperazine rings is 1. The lowest BCUT2D eigenvalue weighted by Crippen LogP contribution is -2.61. The smallest absolute Gasteiger partial charge is 0.246 e. The van der Waals surface area contributed by atoms with E-state index in [1.807, 2.05) is 19.1 Å². The summed E-state index contributed by atoms with van der Waals surface area (Å²) in [4.78, 5) is 25.9. The van der Waals surface area contributed by atoms with Crippen molar-refractivity contribution in [3.63, 3.8) is 0 Å². The summed E-state index contributed by atoms with van der Waals surface area (Å²) in [5.74, 6) is 1.32. The molecule has 2 aliphatic rings. The molecule has 2 amide bonds. The van der Waals surface area contributed by atoms with Crippen molar-refractivity contribution in [1.29, 1.82) is 0 Å². The van der Waals surface area contributed by atoms with Crippen LogP contribution >= 0.6 is 0 Å². The highest BCUT2D eigenvalue weighted by molar-refractivity contribution is 5.95. The predicted molar refractivity (Wildman–Crippen MR) is 72.9 cm³/mol. The second kappa shape index (κ2) is 5.31. The van der Waals surface area contributed by atoms with Crippen LogP contribution in [-0.4, -0.2) is 35.3 Å². The van der Waals surface area contributed by atoms with E-state index in [0.29, 0.717) is 5.92 Å². The zero-order chi connectivity index (χ0) is 14.1. The van der Waals surface area contributed by atoms with Gasteiger partial charge < -0.3 is 14.6 Å². The van der Waals surface area contributed by atoms with Crippen LogP contribution in [0.2, 0.25) is 0 Å². The van der Waals surface area contributed by atoms with Crippen LogP contribution in [0, 0.1) is 5.92 Å². The summed E-state index contributed by atoms with van der Waals surface area (Å²) in [7, 11) is 0. The number of nitrogens with zero attached hydrogens (tertiary/aromatic N) is 1. The fourth-order valence-electron chi connectivity index (χ4n) is 2.78. The summed E-state index contributed by atoms with van der Waals surface area (Å²) in [5, 5.41) is 2.83. The number of furan rings is 1. The summed E-state index contributed by atoms with van der Waals surface area (Å²) in [6.45, 7) is 2.19. The van der Waals surface area contributed by atoms with Crippen LogP contribution in [0.15, 0.2) is 22.8 Å². The number of nitrogens with one attached hydrogen (secondary N) is 1. The van der Waals surface area contributed by atoms with Gasteiger partial charge in [-0.3, -0.25) is 9.59 Å². The Morgan fingerprint density at radius 1 is 1.45 bits per heavy atom. The third kappa shape index (κ3) is 2.71. The Hall–Kier alpha value is -1.78. The van der Waals surface area contributed by atoms with Crippen LogP contribution < -0.4 is 5.32 Å². The van der Waals surface area contributed by atoms with Crippen molar-refractivity contribution in [2.75, 3.05) is 6.54 Å². The SMILES string of the molecule is CC(CCc1ccco1)N1CC(=O)NC(C2CC2)C1=O. The first kappa shape index (κ1) is 13.2. The van der Waals surface area contributed by atoms with E-state index in [0.717, 1.165) is 31.4 Å². The average molecular weight is 276 g/mol. The molecule has 20 heavy (non-hydrogen) atoms. The number of amides is 2.